The van der Waals surface area contributed by atoms with Gasteiger partial charge in [0.15, 0.2) is 6.61 Å². The quantitative estimate of drug-likeness (QED) is 0.839. The lowest BCUT2D eigenvalue weighted by Gasteiger charge is -2.28. The molecule has 0 bridgehead atoms. The highest BCUT2D eigenvalue weighted by molar-refractivity contribution is 5.88. The fraction of sp³-hybridized carbons (Fsp3) is 0.429. The molecule has 19 heavy (non-hydrogen) atoms. The number of benzene rings is 1. The molecule has 1 fully saturated rings. The third kappa shape index (κ3) is 3.71. The van der Waals surface area contributed by atoms with E-state index in [2.05, 4.69) is 10.6 Å². The molecular formula is C14H18N2O3. The number of carbonyl (C=O) groups is 2. The minimum absolute atomic E-state index is 0.0828. The third-order valence-corrected chi connectivity index (χ3v) is 3.18. The van der Waals surface area contributed by atoms with Crippen LogP contribution in [0.1, 0.15) is 13.3 Å². The predicted molar refractivity (Wildman–Crippen MR) is 70.7 cm³/mol. The van der Waals surface area contributed by atoms with Crippen LogP contribution in [0.3, 0.4) is 0 Å². The molecule has 1 aromatic rings. The first-order valence-electron chi connectivity index (χ1n) is 6.42. The molecule has 1 aliphatic rings. The van der Waals surface area contributed by atoms with E-state index in [-0.39, 0.29) is 24.3 Å². The summed E-state index contributed by atoms with van der Waals surface area (Å²) in [4.78, 5) is 23.4. The highest BCUT2D eigenvalue weighted by Gasteiger charge is 2.29. The Hall–Kier alpha value is -2.04. The number of hydrogen-bond acceptors (Lipinski definition) is 3. The molecule has 1 aliphatic heterocycles. The van der Waals surface area contributed by atoms with E-state index in [1.165, 1.54) is 0 Å². The van der Waals surface area contributed by atoms with Crippen LogP contribution in [0.2, 0.25) is 0 Å². The van der Waals surface area contributed by atoms with Crippen LogP contribution in [0.25, 0.3) is 0 Å². The topological polar surface area (TPSA) is 67.4 Å². The summed E-state index contributed by atoms with van der Waals surface area (Å²) in [7, 11) is 0. The second kappa shape index (κ2) is 6.22. The van der Waals surface area contributed by atoms with E-state index in [4.69, 9.17) is 4.74 Å². The molecule has 5 nitrogen and oxygen atoms in total. The van der Waals surface area contributed by atoms with Crippen molar-refractivity contribution in [1.29, 1.82) is 0 Å². The Labute approximate surface area is 112 Å². The minimum atomic E-state index is -0.458. The lowest BCUT2D eigenvalue weighted by atomic mass is 9.94. The summed E-state index contributed by atoms with van der Waals surface area (Å²) in [5.41, 5.74) is 0. The highest BCUT2D eigenvalue weighted by Crippen LogP contribution is 2.12. The fourth-order valence-corrected chi connectivity index (χ4v) is 2.05. The van der Waals surface area contributed by atoms with Crippen molar-refractivity contribution in [3.63, 3.8) is 0 Å². The van der Waals surface area contributed by atoms with Crippen LogP contribution in [-0.2, 0) is 9.59 Å². The Morgan fingerprint density at radius 3 is 2.84 bits per heavy atom. The van der Waals surface area contributed by atoms with Crippen molar-refractivity contribution in [2.24, 2.45) is 5.92 Å². The first-order chi connectivity index (χ1) is 9.16. The van der Waals surface area contributed by atoms with Gasteiger partial charge in [0.25, 0.3) is 5.91 Å². The lowest BCUT2D eigenvalue weighted by molar-refractivity contribution is -0.132. The van der Waals surface area contributed by atoms with Crippen molar-refractivity contribution in [2.45, 2.75) is 19.4 Å². The molecule has 0 unspecified atom stereocenters. The van der Waals surface area contributed by atoms with Gasteiger partial charge in [-0.1, -0.05) is 25.1 Å². The summed E-state index contributed by atoms with van der Waals surface area (Å²) in [5, 5.41) is 5.46. The van der Waals surface area contributed by atoms with E-state index in [1.54, 1.807) is 12.1 Å². The van der Waals surface area contributed by atoms with Crippen molar-refractivity contribution >= 4 is 11.8 Å². The second-order valence-electron chi connectivity index (χ2n) is 4.70. The van der Waals surface area contributed by atoms with Crippen molar-refractivity contribution < 1.29 is 14.3 Å². The first-order valence-corrected chi connectivity index (χ1v) is 6.42. The van der Waals surface area contributed by atoms with Gasteiger partial charge in [-0.3, -0.25) is 9.59 Å². The number of ether oxygens (including phenoxy) is 1. The number of carbonyl (C=O) groups excluding carboxylic acids is 2. The van der Waals surface area contributed by atoms with Gasteiger partial charge in [-0.2, -0.15) is 0 Å². The summed E-state index contributed by atoms with van der Waals surface area (Å²) in [5.74, 6) is 0.387. The molecule has 0 saturated carbocycles. The molecule has 1 heterocycles. The monoisotopic (exact) mass is 262 g/mol. The van der Waals surface area contributed by atoms with E-state index >= 15 is 0 Å². The second-order valence-corrected chi connectivity index (χ2v) is 4.70. The molecule has 0 aromatic heterocycles. The summed E-state index contributed by atoms with van der Waals surface area (Å²) in [6, 6.07) is 8.65. The van der Waals surface area contributed by atoms with Gasteiger partial charge in [-0.15, -0.1) is 0 Å². The van der Waals surface area contributed by atoms with E-state index < -0.39 is 6.04 Å². The smallest absolute Gasteiger partial charge is 0.258 e. The lowest BCUT2D eigenvalue weighted by Crippen LogP contribution is -2.55. The number of hydrogen-bond donors (Lipinski definition) is 2. The molecule has 2 amide bonds. The van der Waals surface area contributed by atoms with Gasteiger partial charge in [0.1, 0.15) is 11.8 Å². The maximum Gasteiger partial charge on any atom is 0.258 e. The average Bonchev–Trinajstić information content (AvgIpc) is 2.42. The van der Waals surface area contributed by atoms with Crippen LogP contribution in [0.4, 0.5) is 0 Å². The molecule has 0 aliphatic carbocycles. The van der Waals surface area contributed by atoms with Gasteiger partial charge in [-0.05, 0) is 24.5 Å². The largest absolute Gasteiger partial charge is 0.484 e. The third-order valence-electron chi connectivity index (χ3n) is 3.18. The molecule has 1 saturated heterocycles. The Morgan fingerprint density at radius 1 is 1.42 bits per heavy atom. The number of piperidine rings is 1. The molecule has 0 spiro atoms. The van der Waals surface area contributed by atoms with Crippen molar-refractivity contribution in [1.82, 2.24) is 10.6 Å². The number of amides is 2. The van der Waals surface area contributed by atoms with E-state index in [0.29, 0.717) is 12.3 Å². The van der Waals surface area contributed by atoms with Gasteiger partial charge < -0.3 is 15.4 Å². The highest BCUT2D eigenvalue weighted by atomic mass is 16.5. The number of rotatable bonds is 4. The summed E-state index contributed by atoms with van der Waals surface area (Å²) >= 11 is 0. The van der Waals surface area contributed by atoms with Gasteiger partial charge in [0.05, 0.1) is 0 Å². The SMILES string of the molecule is C[C@H]1CCNC(=O)[C@@H]1NC(=O)COc1ccccc1. The van der Waals surface area contributed by atoms with E-state index in [9.17, 15) is 9.59 Å². The summed E-state index contributed by atoms with van der Waals surface area (Å²) in [6.07, 6.45) is 0.871. The fourth-order valence-electron chi connectivity index (χ4n) is 2.05. The number of nitrogens with one attached hydrogen (secondary N) is 2. The summed E-state index contributed by atoms with van der Waals surface area (Å²) < 4.78 is 5.34. The van der Waals surface area contributed by atoms with Crippen LogP contribution in [0, 0.1) is 5.92 Å². The molecule has 5 heteroatoms. The van der Waals surface area contributed by atoms with Gasteiger partial charge in [-0.25, -0.2) is 0 Å². The maximum atomic E-state index is 11.8. The molecule has 2 rings (SSSR count). The Morgan fingerprint density at radius 2 is 2.16 bits per heavy atom. The zero-order chi connectivity index (χ0) is 13.7. The first kappa shape index (κ1) is 13.4. The van der Waals surface area contributed by atoms with Crippen LogP contribution in [0.15, 0.2) is 30.3 Å². The van der Waals surface area contributed by atoms with Crippen LogP contribution in [-0.4, -0.2) is 31.0 Å². The Balaban J connectivity index is 1.82. The molecule has 102 valence electrons. The number of para-hydroxylation sites is 1. The molecule has 0 radical (unpaired) electrons. The van der Waals surface area contributed by atoms with Crippen LogP contribution >= 0.6 is 0 Å². The standard InChI is InChI=1S/C14H18N2O3/c1-10-7-8-15-14(18)13(10)16-12(17)9-19-11-5-3-2-4-6-11/h2-6,10,13H,7-9H2,1H3,(H,15,18)(H,16,17)/t10-,13+/m0/s1. The van der Waals surface area contributed by atoms with Crippen molar-refractivity contribution in [3.8, 4) is 5.75 Å². The maximum absolute atomic E-state index is 11.8. The predicted octanol–water partition coefficient (Wildman–Crippen LogP) is 0.706. The molecule has 1 aromatic carbocycles. The van der Waals surface area contributed by atoms with Gasteiger partial charge >= 0.3 is 0 Å². The Bertz CT molecular complexity index is 447. The van der Waals surface area contributed by atoms with Gasteiger partial charge in [0.2, 0.25) is 5.91 Å². The van der Waals surface area contributed by atoms with Crippen molar-refractivity contribution in [3.05, 3.63) is 30.3 Å². The van der Waals surface area contributed by atoms with Gasteiger partial charge in [0, 0.05) is 6.54 Å². The zero-order valence-electron chi connectivity index (χ0n) is 10.9. The van der Waals surface area contributed by atoms with Crippen molar-refractivity contribution in [2.75, 3.05) is 13.2 Å². The molecule has 2 atom stereocenters. The van der Waals surface area contributed by atoms with Crippen LogP contribution < -0.4 is 15.4 Å². The van der Waals surface area contributed by atoms with E-state index in [1.807, 2.05) is 25.1 Å². The Kier molecular flexibility index (Phi) is 4.39. The molecular weight excluding hydrogens is 244 g/mol. The van der Waals surface area contributed by atoms with Crippen LogP contribution in [0.5, 0.6) is 5.75 Å². The average molecular weight is 262 g/mol. The minimum Gasteiger partial charge on any atom is -0.484 e. The summed E-state index contributed by atoms with van der Waals surface area (Å²) in [6.45, 7) is 2.55. The normalized spacial score (nSPS) is 22.5. The molecule has 2 N–H and O–H groups in total. The zero-order valence-corrected chi connectivity index (χ0v) is 10.9. The van der Waals surface area contributed by atoms with E-state index in [0.717, 1.165) is 6.42 Å².